The Balaban J connectivity index is 2.81. The molecule has 0 saturated carbocycles. The average molecular weight is 194 g/mol. The number of aliphatic carboxylic acids is 1. The van der Waals surface area contributed by atoms with Gasteiger partial charge in [-0.1, -0.05) is 37.1 Å². The fourth-order valence-electron chi connectivity index (χ4n) is 2.01. The van der Waals surface area contributed by atoms with Crippen LogP contribution in [0.25, 0.3) is 0 Å². The zero-order valence-electron chi connectivity index (χ0n) is 9.13. The molecule has 0 amide bonds. The number of hydrogen-bond donors (Lipinski definition) is 1. The molecule has 0 aromatic carbocycles. The fourth-order valence-corrected chi connectivity index (χ4v) is 2.01. The molecule has 1 aliphatic carbocycles. The molecule has 0 unspecified atom stereocenters. The van der Waals surface area contributed by atoms with Crippen LogP contribution in [0.5, 0.6) is 0 Å². The molecule has 2 heteroatoms. The SMILES string of the molecule is CC1=CC(C)(C)/C(=C\CC(=O)O)CC1. The number of hydrogen-bond acceptors (Lipinski definition) is 1. The predicted octanol–water partition coefficient (Wildman–Crippen LogP) is 3.15. The monoisotopic (exact) mass is 194 g/mol. The maximum absolute atomic E-state index is 10.5. The maximum atomic E-state index is 10.5. The van der Waals surface area contributed by atoms with Crippen LogP contribution in [0.3, 0.4) is 0 Å². The number of rotatable bonds is 2. The third-order valence-corrected chi connectivity index (χ3v) is 2.75. The molecule has 2 nitrogen and oxygen atoms in total. The van der Waals surface area contributed by atoms with Gasteiger partial charge in [0.25, 0.3) is 0 Å². The van der Waals surface area contributed by atoms with Crippen LogP contribution in [0.1, 0.15) is 40.0 Å². The van der Waals surface area contributed by atoms with Crippen LogP contribution < -0.4 is 0 Å². The van der Waals surface area contributed by atoms with Crippen molar-refractivity contribution in [3.8, 4) is 0 Å². The minimum Gasteiger partial charge on any atom is -0.481 e. The molecule has 0 radical (unpaired) electrons. The second kappa shape index (κ2) is 3.99. The van der Waals surface area contributed by atoms with Gasteiger partial charge in [-0.3, -0.25) is 4.79 Å². The highest BCUT2D eigenvalue weighted by atomic mass is 16.4. The molecule has 0 aromatic heterocycles. The Hall–Kier alpha value is -1.05. The molecule has 1 N–H and O–H groups in total. The maximum Gasteiger partial charge on any atom is 0.307 e. The van der Waals surface area contributed by atoms with E-state index in [4.69, 9.17) is 5.11 Å². The van der Waals surface area contributed by atoms with E-state index in [0.717, 1.165) is 12.8 Å². The first-order valence-corrected chi connectivity index (χ1v) is 5.01. The van der Waals surface area contributed by atoms with Gasteiger partial charge in [0.1, 0.15) is 0 Å². The first-order chi connectivity index (χ1) is 6.42. The summed E-state index contributed by atoms with van der Waals surface area (Å²) < 4.78 is 0. The lowest BCUT2D eigenvalue weighted by molar-refractivity contribution is -0.136. The third-order valence-electron chi connectivity index (χ3n) is 2.75. The molecule has 0 fully saturated rings. The number of carboxylic acids is 1. The van der Waals surface area contributed by atoms with E-state index in [1.807, 2.05) is 6.08 Å². The second-order valence-corrected chi connectivity index (χ2v) is 4.54. The van der Waals surface area contributed by atoms with Crippen LogP contribution in [0.2, 0.25) is 0 Å². The Labute approximate surface area is 85.3 Å². The normalized spacial score (nSPS) is 23.4. The zero-order chi connectivity index (χ0) is 10.8. The summed E-state index contributed by atoms with van der Waals surface area (Å²) in [6.07, 6.45) is 6.32. The van der Waals surface area contributed by atoms with Crippen LogP contribution in [0.15, 0.2) is 23.3 Å². The average Bonchev–Trinajstić information content (AvgIpc) is 2.00. The smallest absolute Gasteiger partial charge is 0.307 e. The lowest BCUT2D eigenvalue weighted by Gasteiger charge is -2.30. The molecular formula is C12H18O2. The van der Waals surface area contributed by atoms with E-state index in [1.165, 1.54) is 11.1 Å². The Morgan fingerprint density at radius 2 is 2.21 bits per heavy atom. The fraction of sp³-hybridized carbons (Fsp3) is 0.583. The van der Waals surface area contributed by atoms with Crippen LogP contribution in [0.4, 0.5) is 0 Å². The Bertz CT molecular complexity index is 295. The van der Waals surface area contributed by atoms with Gasteiger partial charge in [-0.2, -0.15) is 0 Å². The van der Waals surface area contributed by atoms with Gasteiger partial charge in [0, 0.05) is 5.41 Å². The number of carboxylic acid groups (broad SMARTS) is 1. The van der Waals surface area contributed by atoms with Crippen molar-refractivity contribution < 1.29 is 9.90 Å². The van der Waals surface area contributed by atoms with Crippen LogP contribution in [-0.4, -0.2) is 11.1 Å². The summed E-state index contributed by atoms with van der Waals surface area (Å²) in [6.45, 7) is 6.42. The van der Waals surface area contributed by atoms with E-state index in [-0.39, 0.29) is 11.8 Å². The molecule has 0 bridgehead atoms. The third kappa shape index (κ3) is 2.72. The Morgan fingerprint density at radius 3 is 2.71 bits per heavy atom. The molecule has 0 aliphatic heterocycles. The van der Waals surface area contributed by atoms with E-state index in [1.54, 1.807) is 0 Å². The van der Waals surface area contributed by atoms with Crippen molar-refractivity contribution >= 4 is 5.97 Å². The predicted molar refractivity (Wildman–Crippen MR) is 57.1 cm³/mol. The molecule has 0 heterocycles. The van der Waals surface area contributed by atoms with Crippen LogP contribution in [-0.2, 0) is 4.79 Å². The standard InChI is InChI=1S/C12H18O2/c1-9-4-5-10(6-7-11(13)14)12(2,3)8-9/h6,8H,4-5,7H2,1-3H3,(H,13,14)/b10-6-. The molecular weight excluding hydrogens is 176 g/mol. The van der Waals surface area contributed by atoms with Gasteiger partial charge >= 0.3 is 5.97 Å². The molecule has 1 aliphatic rings. The lowest BCUT2D eigenvalue weighted by Crippen LogP contribution is -2.16. The quantitative estimate of drug-likeness (QED) is 0.685. The summed E-state index contributed by atoms with van der Waals surface area (Å²) in [6, 6.07) is 0. The van der Waals surface area contributed by atoms with Crippen molar-refractivity contribution in [2.45, 2.75) is 40.0 Å². The van der Waals surface area contributed by atoms with Crippen LogP contribution in [0, 0.1) is 5.41 Å². The molecule has 0 spiro atoms. The van der Waals surface area contributed by atoms with Crippen molar-refractivity contribution in [1.29, 1.82) is 0 Å². The van der Waals surface area contributed by atoms with Gasteiger partial charge in [-0.05, 0) is 19.8 Å². The highest BCUT2D eigenvalue weighted by Crippen LogP contribution is 2.38. The molecule has 0 aromatic rings. The van der Waals surface area contributed by atoms with Gasteiger partial charge in [-0.15, -0.1) is 0 Å². The first kappa shape index (κ1) is 11.0. The number of carbonyl (C=O) groups is 1. The first-order valence-electron chi connectivity index (χ1n) is 5.01. The lowest BCUT2D eigenvalue weighted by atomic mass is 9.75. The summed E-state index contributed by atoms with van der Waals surface area (Å²) in [7, 11) is 0. The van der Waals surface area contributed by atoms with E-state index in [2.05, 4.69) is 26.8 Å². The van der Waals surface area contributed by atoms with Gasteiger partial charge in [0.2, 0.25) is 0 Å². The summed E-state index contributed by atoms with van der Waals surface area (Å²) in [4.78, 5) is 10.5. The minimum atomic E-state index is -0.750. The van der Waals surface area contributed by atoms with Gasteiger partial charge in [0.15, 0.2) is 0 Å². The van der Waals surface area contributed by atoms with Gasteiger partial charge < -0.3 is 5.11 Å². The van der Waals surface area contributed by atoms with Crippen molar-refractivity contribution in [3.05, 3.63) is 23.3 Å². The van der Waals surface area contributed by atoms with Gasteiger partial charge in [-0.25, -0.2) is 0 Å². The molecule has 14 heavy (non-hydrogen) atoms. The van der Waals surface area contributed by atoms with E-state index >= 15 is 0 Å². The molecule has 78 valence electrons. The van der Waals surface area contributed by atoms with E-state index < -0.39 is 5.97 Å². The summed E-state index contributed by atoms with van der Waals surface area (Å²) in [5.74, 6) is -0.750. The largest absolute Gasteiger partial charge is 0.481 e. The van der Waals surface area contributed by atoms with E-state index in [0.29, 0.717) is 0 Å². The van der Waals surface area contributed by atoms with Crippen molar-refractivity contribution in [3.63, 3.8) is 0 Å². The van der Waals surface area contributed by atoms with Crippen molar-refractivity contribution in [2.24, 2.45) is 5.41 Å². The zero-order valence-corrected chi connectivity index (χ0v) is 9.13. The number of allylic oxidation sites excluding steroid dienone is 3. The molecule has 0 saturated heterocycles. The highest BCUT2D eigenvalue weighted by molar-refractivity contribution is 5.68. The topological polar surface area (TPSA) is 37.3 Å². The van der Waals surface area contributed by atoms with Gasteiger partial charge in [0.05, 0.1) is 6.42 Å². The molecule has 1 rings (SSSR count). The van der Waals surface area contributed by atoms with Crippen molar-refractivity contribution in [1.82, 2.24) is 0 Å². The van der Waals surface area contributed by atoms with Crippen LogP contribution >= 0.6 is 0 Å². The highest BCUT2D eigenvalue weighted by Gasteiger charge is 2.24. The minimum absolute atomic E-state index is 0.0395. The Morgan fingerprint density at radius 1 is 1.57 bits per heavy atom. The summed E-state index contributed by atoms with van der Waals surface area (Å²) in [5, 5.41) is 8.61. The van der Waals surface area contributed by atoms with E-state index in [9.17, 15) is 4.79 Å². The summed E-state index contributed by atoms with van der Waals surface area (Å²) in [5.41, 5.74) is 2.70. The second-order valence-electron chi connectivity index (χ2n) is 4.54. The van der Waals surface area contributed by atoms with Crippen molar-refractivity contribution in [2.75, 3.05) is 0 Å². The molecule has 0 atom stereocenters. The summed E-state index contributed by atoms with van der Waals surface area (Å²) >= 11 is 0. The Kier molecular flexibility index (Phi) is 3.14.